The van der Waals surface area contributed by atoms with Crippen LogP contribution in [0.15, 0.2) is 23.1 Å². The Bertz CT molecular complexity index is 775. The van der Waals surface area contributed by atoms with E-state index in [0.717, 1.165) is 23.1 Å². The van der Waals surface area contributed by atoms with Crippen LogP contribution in [0.2, 0.25) is 0 Å². The van der Waals surface area contributed by atoms with Gasteiger partial charge in [0.2, 0.25) is 15.9 Å². The quantitative estimate of drug-likeness (QED) is 0.405. The number of nitrogens with zero attached hydrogens (tertiary/aromatic N) is 2. The maximum Gasteiger partial charge on any atom is 0.293 e. The number of hydrogen-bond donors (Lipinski definition) is 2. The summed E-state index contributed by atoms with van der Waals surface area (Å²) < 4.78 is 52.4. The van der Waals surface area contributed by atoms with E-state index in [0.29, 0.717) is 0 Å². The van der Waals surface area contributed by atoms with Crippen molar-refractivity contribution in [3.8, 4) is 0 Å². The molecule has 0 fully saturated rings. The molecule has 152 valence electrons. The summed E-state index contributed by atoms with van der Waals surface area (Å²) in [5.74, 6) is -0.580. The summed E-state index contributed by atoms with van der Waals surface area (Å²) in [7, 11) is -2.75. The topological polar surface area (TPSA) is 145 Å². The van der Waals surface area contributed by atoms with E-state index >= 15 is 0 Å². The van der Waals surface area contributed by atoms with Gasteiger partial charge in [0.1, 0.15) is 5.69 Å². The lowest BCUT2D eigenvalue weighted by molar-refractivity contribution is -0.384. The summed E-state index contributed by atoms with van der Waals surface area (Å²) in [6.45, 7) is -0.748. The number of carbonyl (C=O) groups is 1. The number of rotatable bonds is 11. The number of amides is 1. The minimum absolute atomic E-state index is 0.0110. The van der Waals surface area contributed by atoms with E-state index in [1.54, 1.807) is 0 Å². The van der Waals surface area contributed by atoms with Crippen molar-refractivity contribution in [2.24, 2.45) is 5.14 Å². The fraction of sp³-hybridized carbons (Fsp3) is 0.500. The Morgan fingerprint density at radius 3 is 2.63 bits per heavy atom. The average molecular weight is 410 g/mol. The maximum atomic E-state index is 12.6. The van der Waals surface area contributed by atoms with Gasteiger partial charge in [0, 0.05) is 32.7 Å². The van der Waals surface area contributed by atoms with Crippen LogP contribution in [-0.2, 0) is 19.6 Å². The minimum Gasteiger partial charge on any atom is -0.383 e. The van der Waals surface area contributed by atoms with Gasteiger partial charge in [-0.1, -0.05) is 0 Å². The second-order valence-corrected chi connectivity index (χ2v) is 6.94. The number of primary sulfonamides is 1. The molecule has 3 N–H and O–H groups in total. The lowest BCUT2D eigenvalue weighted by atomic mass is 10.2. The number of nitrogens with one attached hydrogen (secondary N) is 1. The number of benzene rings is 1. The third-order valence-electron chi connectivity index (χ3n) is 3.43. The highest BCUT2D eigenvalue weighted by Crippen LogP contribution is 2.27. The standard InChI is InChI=1S/C14H20F2N4O6S/c1-26-7-6-19(9-13(15)16)14(21)4-5-18-11-3-2-10(27(17,24)25)8-12(11)20(22)23/h2-3,8,13,18H,4-7,9H2,1H3,(H2,17,24,25). The van der Waals surface area contributed by atoms with Crippen molar-refractivity contribution in [1.29, 1.82) is 0 Å². The van der Waals surface area contributed by atoms with Crippen molar-refractivity contribution < 1.29 is 31.7 Å². The summed E-state index contributed by atoms with van der Waals surface area (Å²) in [6, 6.07) is 3.01. The van der Waals surface area contributed by atoms with Crippen LogP contribution in [0.25, 0.3) is 0 Å². The molecular weight excluding hydrogens is 390 g/mol. The van der Waals surface area contributed by atoms with Crippen LogP contribution in [0.3, 0.4) is 0 Å². The molecule has 0 spiro atoms. The molecule has 10 nitrogen and oxygen atoms in total. The molecule has 1 amide bonds. The number of hydrogen-bond acceptors (Lipinski definition) is 7. The highest BCUT2D eigenvalue weighted by Gasteiger charge is 2.20. The molecule has 0 aliphatic heterocycles. The Hall–Kier alpha value is -2.38. The average Bonchev–Trinajstić information content (AvgIpc) is 2.57. The van der Waals surface area contributed by atoms with E-state index in [4.69, 9.17) is 9.88 Å². The second kappa shape index (κ2) is 10.1. The molecule has 0 heterocycles. The first kappa shape index (κ1) is 22.7. The molecule has 0 saturated carbocycles. The fourth-order valence-corrected chi connectivity index (χ4v) is 2.67. The molecule has 0 aliphatic carbocycles. The highest BCUT2D eigenvalue weighted by molar-refractivity contribution is 7.89. The molecule has 0 unspecified atom stereocenters. The predicted molar refractivity (Wildman–Crippen MR) is 92.0 cm³/mol. The number of anilines is 1. The lowest BCUT2D eigenvalue weighted by Gasteiger charge is -2.22. The van der Waals surface area contributed by atoms with Gasteiger partial charge in [-0.05, 0) is 12.1 Å². The molecule has 1 aromatic rings. The monoisotopic (exact) mass is 410 g/mol. The molecule has 0 saturated heterocycles. The first-order chi connectivity index (χ1) is 12.6. The number of ether oxygens (including phenoxy) is 1. The number of alkyl halides is 2. The van der Waals surface area contributed by atoms with Crippen LogP contribution in [-0.4, -0.2) is 63.9 Å². The molecule has 27 heavy (non-hydrogen) atoms. The van der Waals surface area contributed by atoms with Gasteiger partial charge in [-0.3, -0.25) is 14.9 Å². The van der Waals surface area contributed by atoms with Gasteiger partial charge in [-0.25, -0.2) is 22.3 Å². The van der Waals surface area contributed by atoms with E-state index in [-0.39, 0.29) is 31.8 Å². The Kier molecular flexibility index (Phi) is 8.46. The van der Waals surface area contributed by atoms with Gasteiger partial charge < -0.3 is 15.0 Å². The first-order valence-corrected chi connectivity index (χ1v) is 9.21. The molecule has 0 aliphatic rings. The van der Waals surface area contributed by atoms with Crippen molar-refractivity contribution in [2.75, 3.05) is 38.7 Å². The molecule has 0 radical (unpaired) electrons. The largest absolute Gasteiger partial charge is 0.383 e. The number of nitro benzene ring substituents is 1. The van der Waals surface area contributed by atoms with Crippen molar-refractivity contribution in [1.82, 2.24) is 4.90 Å². The second-order valence-electron chi connectivity index (χ2n) is 5.38. The van der Waals surface area contributed by atoms with Gasteiger partial charge >= 0.3 is 0 Å². The predicted octanol–water partition coefficient (Wildman–Crippen LogP) is 0.784. The smallest absolute Gasteiger partial charge is 0.293 e. The van der Waals surface area contributed by atoms with E-state index in [1.165, 1.54) is 7.11 Å². The van der Waals surface area contributed by atoms with Gasteiger partial charge in [-0.2, -0.15) is 0 Å². The molecule has 1 rings (SSSR count). The van der Waals surface area contributed by atoms with Gasteiger partial charge in [0.15, 0.2) is 0 Å². The van der Waals surface area contributed by atoms with Crippen LogP contribution < -0.4 is 10.5 Å². The fourth-order valence-electron chi connectivity index (χ4n) is 2.14. The summed E-state index contributed by atoms with van der Waals surface area (Å²) >= 11 is 0. The van der Waals surface area contributed by atoms with E-state index < -0.39 is 44.4 Å². The zero-order valence-electron chi connectivity index (χ0n) is 14.4. The molecule has 13 heteroatoms. The number of nitro groups is 1. The number of sulfonamides is 1. The summed E-state index contributed by atoms with van der Waals surface area (Å²) in [6.07, 6.45) is -2.91. The molecular formula is C14H20F2N4O6S. The van der Waals surface area contributed by atoms with Crippen LogP contribution >= 0.6 is 0 Å². The zero-order chi connectivity index (χ0) is 20.6. The van der Waals surface area contributed by atoms with Crippen LogP contribution in [0, 0.1) is 10.1 Å². The van der Waals surface area contributed by atoms with Gasteiger partial charge in [0.05, 0.1) is 23.0 Å². The molecule has 0 bridgehead atoms. The van der Waals surface area contributed by atoms with Crippen molar-refractivity contribution in [3.63, 3.8) is 0 Å². The van der Waals surface area contributed by atoms with Gasteiger partial charge in [-0.15, -0.1) is 0 Å². The summed E-state index contributed by atoms with van der Waals surface area (Å²) in [5, 5.41) is 18.7. The third-order valence-corrected chi connectivity index (χ3v) is 4.34. The van der Waals surface area contributed by atoms with Crippen LogP contribution in [0.1, 0.15) is 6.42 Å². The lowest BCUT2D eigenvalue weighted by Crippen LogP contribution is -2.38. The molecule has 0 atom stereocenters. The third kappa shape index (κ3) is 7.40. The Morgan fingerprint density at radius 2 is 2.11 bits per heavy atom. The van der Waals surface area contributed by atoms with Crippen LogP contribution in [0.4, 0.5) is 20.2 Å². The molecule has 0 aromatic heterocycles. The van der Waals surface area contributed by atoms with Crippen molar-refractivity contribution in [3.05, 3.63) is 28.3 Å². The van der Waals surface area contributed by atoms with E-state index in [2.05, 4.69) is 5.32 Å². The van der Waals surface area contributed by atoms with Crippen molar-refractivity contribution >= 4 is 27.3 Å². The number of halogens is 2. The van der Waals surface area contributed by atoms with Crippen molar-refractivity contribution in [2.45, 2.75) is 17.7 Å². The summed E-state index contributed by atoms with van der Waals surface area (Å²) in [4.78, 5) is 22.9. The Labute approximate surface area is 154 Å². The molecule has 1 aromatic carbocycles. The summed E-state index contributed by atoms with van der Waals surface area (Å²) in [5.41, 5.74) is -0.574. The van der Waals surface area contributed by atoms with E-state index in [1.807, 2.05) is 0 Å². The number of carbonyl (C=O) groups excluding carboxylic acids is 1. The SMILES string of the molecule is COCCN(CC(F)F)C(=O)CCNc1ccc(S(N)(=O)=O)cc1[N+](=O)[O-]. The Morgan fingerprint density at radius 1 is 1.44 bits per heavy atom. The minimum atomic E-state index is -4.12. The van der Waals surface area contributed by atoms with E-state index in [9.17, 15) is 32.1 Å². The number of methoxy groups -OCH3 is 1. The van der Waals surface area contributed by atoms with Crippen LogP contribution in [0.5, 0.6) is 0 Å². The number of nitrogens with two attached hydrogens (primary N) is 1. The first-order valence-electron chi connectivity index (χ1n) is 7.66. The zero-order valence-corrected chi connectivity index (χ0v) is 15.2. The highest BCUT2D eigenvalue weighted by atomic mass is 32.2. The maximum absolute atomic E-state index is 12.6. The Balaban J connectivity index is 2.79. The van der Waals surface area contributed by atoms with Gasteiger partial charge in [0.25, 0.3) is 12.1 Å². The normalized spacial score (nSPS) is 11.4.